The summed E-state index contributed by atoms with van der Waals surface area (Å²) in [5.74, 6) is -1.86. The second kappa shape index (κ2) is 6.18. The number of nitrogens with one attached hydrogen (secondary N) is 1. The van der Waals surface area contributed by atoms with E-state index in [9.17, 15) is 14.7 Å². The summed E-state index contributed by atoms with van der Waals surface area (Å²) in [5.41, 5.74) is 0. The van der Waals surface area contributed by atoms with E-state index in [0.717, 1.165) is 0 Å². The van der Waals surface area contributed by atoms with E-state index in [2.05, 4.69) is 5.32 Å². The minimum atomic E-state index is -0.899. The van der Waals surface area contributed by atoms with E-state index in [-0.39, 0.29) is 24.3 Å². The molecular formula is C13H23NO4. The highest BCUT2D eigenvalue weighted by Crippen LogP contribution is 2.36. The summed E-state index contributed by atoms with van der Waals surface area (Å²) in [7, 11) is 0. The molecule has 4 atom stereocenters. The predicted octanol–water partition coefficient (Wildman–Crippen LogP) is 0.866. The number of aliphatic carboxylic acids is 1. The molecule has 1 amide bonds. The Bertz CT molecular complexity index is 316. The summed E-state index contributed by atoms with van der Waals surface area (Å²) < 4.78 is 0. The molecule has 0 bridgehead atoms. The van der Waals surface area contributed by atoms with E-state index >= 15 is 0 Å². The van der Waals surface area contributed by atoms with Gasteiger partial charge in [0.15, 0.2) is 0 Å². The normalized spacial score (nSPS) is 29.3. The van der Waals surface area contributed by atoms with Crippen molar-refractivity contribution in [3.63, 3.8) is 0 Å². The summed E-state index contributed by atoms with van der Waals surface area (Å²) in [6.45, 7) is 5.89. The number of hydrogen-bond donors (Lipinski definition) is 3. The first-order chi connectivity index (χ1) is 8.32. The van der Waals surface area contributed by atoms with Crippen molar-refractivity contribution in [3.05, 3.63) is 0 Å². The Morgan fingerprint density at radius 2 is 1.83 bits per heavy atom. The monoisotopic (exact) mass is 257 g/mol. The van der Waals surface area contributed by atoms with Crippen LogP contribution in [0.2, 0.25) is 0 Å². The predicted molar refractivity (Wildman–Crippen MR) is 66.9 cm³/mol. The van der Waals surface area contributed by atoms with Gasteiger partial charge in [0, 0.05) is 6.54 Å². The molecule has 0 radical (unpaired) electrons. The zero-order valence-electron chi connectivity index (χ0n) is 11.2. The van der Waals surface area contributed by atoms with Gasteiger partial charge in [0.25, 0.3) is 0 Å². The van der Waals surface area contributed by atoms with Gasteiger partial charge in [-0.2, -0.15) is 0 Å². The molecular weight excluding hydrogens is 234 g/mol. The molecule has 1 rings (SSSR count). The summed E-state index contributed by atoms with van der Waals surface area (Å²) in [6, 6.07) is 0. The average Bonchev–Trinajstić information content (AvgIpc) is 2.67. The van der Waals surface area contributed by atoms with Gasteiger partial charge in [-0.1, -0.05) is 20.8 Å². The van der Waals surface area contributed by atoms with Gasteiger partial charge in [0.2, 0.25) is 5.91 Å². The van der Waals surface area contributed by atoms with Gasteiger partial charge in [-0.25, -0.2) is 0 Å². The first-order valence-corrected chi connectivity index (χ1v) is 6.51. The smallest absolute Gasteiger partial charge is 0.307 e. The van der Waals surface area contributed by atoms with Crippen LogP contribution in [0.1, 0.15) is 33.6 Å². The molecule has 0 heterocycles. The molecule has 104 valence electrons. The lowest BCUT2D eigenvalue weighted by Gasteiger charge is -2.19. The summed E-state index contributed by atoms with van der Waals surface area (Å²) in [4.78, 5) is 23.0. The number of hydrogen-bond acceptors (Lipinski definition) is 3. The number of amides is 1. The maximum Gasteiger partial charge on any atom is 0.307 e. The molecule has 1 fully saturated rings. The molecule has 1 aliphatic rings. The van der Waals surface area contributed by atoms with Crippen molar-refractivity contribution in [2.45, 2.75) is 39.7 Å². The van der Waals surface area contributed by atoms with Crippen LogP contribution in [0.3, 0.4) is 0 Å². The highest BCUT2D eigenvalue weighted by molar-refractivity contribution is 5.85. The number of carboxylic acids is 1. The Labute approximate surface area is 108 Å². The molecule has 0 aromatic heterocycles. The molecule has 0 aliphatic heterocycles. The average molecular weight is 257 g/mol. The van der Waals surface area contributed by atoms with Crippen LogP contribution in [0.25, 0.3) is 0 Å². The van der Waals surface area contributed by atoms with Crippen molar-refractivity contribution >= 4 is 11.9 Å². The minimum absolute atomic E-state index is 0.0723. The van der Waals surface area contributed by atoms with Crippen molar-refractivity contribution in [2.24, 2.45) is 23.7 Å². The third kappa shape index (κ3) is 3.70. The summed E-state index contributed by atoms with van der Waals surface area (Å²) in [6.07, 6.45) is 0.580. The van der Waals surface area contributed by atoms with Crippen molar-refractivity contribution in [3.8, 4) is 0 Å². The molecule has 0 aromatic rings. The molecule has 2 unspecified atom stereocenters. The molecule has 0 aromatic carbocycles. The number of carbonyl (C=O) groups is 2. The third-order valence-corrected chi connectivity index (χ3v) is 3.71. The number of aliphatic hydroxyl groups excluding tert-OH is 1. The first-order valence-electron chi connectivity index (χ1n) is 6.51. The van der Waals surface area contributed by atoms with Crippen LogP contribution >= 0.6 is 0 Å². The van der Waals surface area contributed by atoms with Gasteiger partial charge in [-0.3, -0.25) is 9.59 Å². The SMILES string of the molecule is CC1C[C@H](C(=O)NCC(O)C(C)C)[C@H](C(=O)O)C1. The molecule has 0 saturated heterocycles. The lowest BCUT2D eigenvalue weighted by atomic mass is 9.95. The second-order valence-corrected chi connectivity index (χ2v) is 5.68. The van der Waals surface area contributed by atoms with E-state index in [1.54, 1.807) is 0 Å². The number of carbonyl (C=O) groups excluding carboxylic acids is 1. The molecule has 5 heteroatoms. The first kappa shape index (κ1) is 15.0. The largest absolute Gasteiger partial charge is 0.481 e. The standard InChI is InChI=1S/C13H23NO4/c1-7(2)11(15)6-14-12(16)9-4-8(3)5-10(9)13(17)18/h7-11,15H,4-6H2,1-3H3,(H,14,16)(H,17,18)/t8?,9-,10+,11?/m0/s1. The Balaban J connectivity index is 2.52. The van der Waals surface area contributed by atoms with Crippen molar-refractivity contribution in [1.82, 2.24) is 5.32 Å². The fourth-order valence-corrected chi connectivity index (χ4v) is 2.43. The zero-order chi connectivity index (χ0) is 13.9. The summed E-state index contributed by atoms with van der Waals surface area (Å²) in [5, 5.41) is 21.4. The lowest BCUT2D eigenvalue weighted by Crippen LogP contribution is -2.40. The molecule has 0 spiro atoms. The molecule has 1 aliphatic carbocycles. The molecule has 18 heavy (non-hydrogen) atoms. The Kier molecular flexibility index (Phi) is 5.14. The Hall–Kier alpha value is -1.10. The van der Waals surface area contributed by atoms with Gasteiger partial charge in [-0.05, 0) is 24.7 Å². The maximum absolute atomic E-state index is 11.9. The topological polar surface area (TPSA) is 86.6 Å². The third-order valence-electron chi connectivity index (χ3n) is 3.71. The van der Waals surface area contributed by atoms with E-state index in [1.807, 2.05) is 20.8 Å². The highest BCUT2D eigenvalue weighted by atomic mass is 16.4. The number of rotatable bonds is 5. The van der Waals surface area contributed by atoms with Crippen molar-refractivity contribution in [2.75, 3.05) is 6.54 Å². The Morgan fingerprint density at radius 3 is 2.33 bits per heavy atom. The minimum Gasteiger partial charge on any atom is -0.481 e. The van der Waals surface area contributed by atoms with E-state index in [4.69, 9.17) is 5.11 Å². The van der Waals surface area contributed by atoms with Crippen LogP contribution in [0, 0.1) is 23.7 Å². The van der Waals surface area contributed by atoms with E-state index in [1.165, 1.54) is 0 Å². The van der Waals surface area contributed by atoms with Crippen LogP contribution in [-0.2, 0) is 9.59 Å². The lowest BCUT2D eigenvalue weighted by molar-refractivity contribution is -0.146. The second-order valence-electron chi connectivity index (χ2n) is 5.68. The fourth-order valence-electron chi connectivity index (χ4n) is 2.43. The Morgan fingerprint density at radius 1 is 1.28 bits per heavy atom. The molecule has 1 saturated carbocycles. The highest BCUT2D eigenvalue weighted by Gasteiger charge is 2.41. The van der Waals surface area contributed by atoms with Crippen molar-refractivity contribution in [1.29, 1.82) is 0 Å². The van der Waals surface area contributed by atoms with Gasteiger partial charge in [0.05, 0.1) is 17.9 Å². The molecule has 5 nitrogen and oxygen atoms in total. The van der Waals surface area contributed by atoms with Gasteiger partial charge < -0.3 is 15.5 Å². The zero-order valence-corrected chi connectivity index (χ0v) is 11.2. The van der Waals surface area contributed by atoms with Crippen molar-refractivity contribution < 1.29 is 19.8 Å². The van der Waals surface area contributed by atoms with Crippen LogP contribution in [-0.4, -0.2) is 34.7 Å². The van der Waals surface area contributed by atoms with E-state index in [0.29, 0.717) is 12.8 Å². The molecule has 3 N–H and O–H groups in total. The van der Waals surface area contributed by atoms with Gasteiger partial charge >= 0.3 is 5.97 Å². The number of aliphatic hydroxyl groups is 1. The van der Waals surface area contributed by atoms with Gasteiger partial charge in [-0.15, -0.1) is 0 Å². The quantitative estimate of drug-likeness (QED) is 0.682. The fraction of sp³-hybridized carbons (Fsp3) is 0.846. The van der Waals surface area contributed by atoms with Gasteiger partial charge in [0.1, 0.15) is 0 Å². The number of carboxylic acid groups (broad SMARTS) is 1. The van der Waals surface area contributed by atoms with Crippen LogP contribution in [0.4, 0.5) is 0 Å². The maximum atomic E-state index is 11.9. The van der Waals surface area contributed by atoms with Crippen LogP contribution < -0.4 is 5.32 Å². The van der Waals surface area contributed by atoms with E-state index < -0.39 is 23.9 Å². The van der Waals surface area contributed by atoms with Crippen LogP contribution in [0.15, 0.2) is 0 Å². The summed E-state index contributed by atoms with van der Waals surface area (Å²) >= 11 is 0. The van der Waals surface area contributed by atoms with Crippen LogP contribution in [0.5, 0.6) is 0 Å².